The van der Waals surface area contributed by atoms with Gasteiger partial charge in [0.05, 0.1) is 17.9 Å². The summed E-state index contributed by atoms with van der Waals surface area (Å²) in [5, 5.41) is 2.46. The molecule has 0 heterocycles. The number of halogens is 4. The number of carbonyl (C=O) groups excluding carboxylic acids is 1. The van der Waals surface area contributed by atoms with E-state index in [4.69, 9.17) is 10.5 Å². The molecule has 0 bridgehead atoms. The van der Waals surface area contributed by atoms with Crippen molar-refractivity contribution in [3.63, 3.8) is 0 Å². The van der Waals surface area contributed by atoms with Crippen LogP contribution in [0.2, 0.25) is 0 Å². The van der Waals surface area contributed by atoms with Crippen LogP contribution in [0.25, 0.3) is 0 Å². The highest BCUT2D eigenvalue weighted by Gasteiger charge is 2.31. The molecule has 26 heavy (non-hydrogen) atoms. The normalized spacial score (nSPS) is 12.0. The summed E-state index contributed by atoms with van der Waals surface area (Å²) in [6.07, 6.45) is -4.57. The van der Waals surface area contributed by atoms with Crippen LogP contribution in [0.4, 0.5) is 18.9 Å². The average molecular weight is 389 g/mol. The number of ether oxygens (including phenoxy) is 1. The van der Waals surface area contributed by atoms with E-state index in [0.29, 0.717) is 0 Å². The number of nitrogens with one attached hydrogen (secondary N) is 1. The Balaban J connectivity index is 0.00000338. The van der Waals surface area contributed by atoms with Crippen molar-refractivity contribution in [2.24, 2.45) is 5.73 Å². The van der Waals surface area contributed by atoms with Crippen molar-refractivity contribution in [2.75, 3.05) is 11.9 Å². The van der Waals surface area contributed by atoms with Gasteiger partial charge in [0, 0.05) is 12.5 Å². The van der Waals surface area contributed by atoms with Crippen LogP contribution in [0.1, 0.15) is 30.5 Å². The van der Waals surface area contributed by atoms with Crippen LogP contribution in [0.3, 0.4) is 0 Å². The van der Waals surface area contributed by atoms with Crippen molar-refractivity contribution >= 4 is 24.0 Å². The lowest BCUT2D eigenvalue weighted by atomic mass is 10.0. The molecule has 0 fully saturated rings. The minimum absolute atomic E-state index is 0. The van der Waals surface area contributed by atoms with Crippen LogP contribution in [0.15, 0.2) is 48.5 Å². The molecule has 3 N–H and O–H groups in total. The second kappa shape index (κ2) is 9.45. The van der Waals surface area contributed by atoms with E-state index in [1.165, 1.54) is 6.07 Å². The van der Waals surface area contributed by atoms with Gasteiger partial charge in [-0.05, 0) is 30.7 Å². The maximum Gasteiger partial charge on any atom is 0.416 e. The molecule has 0 saturated carbocycles. The van der Waals surface area contributed by atoms with Crippen molar-refractivity contribution in [2.45, 2.75) is 25.6 Å². The van der Waals surface area contributed by atoms with Crippen molar-refractivity contribution in [3.8, 4) is 5.75 Å². The van der Waals surface area contributed by atoms with Crippen molar-refractivity contribution in [1.82, 2.24) is 0 Å². The van der Waals surface area contributed by atoms with E-state index in [-0.39, 0.29) is 36.9 Å². The number of carbonyl (C=O) groups is 1. The molecule has 0 spiro atoms. The van der Waals surface area contributed by atoms with Gasteiger partial charge >= 0.3 is 6.18 Å². The highest BCUT2D eigenvalue weighted by atomic mass is 35.5. The molecule has 2 aromatic rings. The molecular formula is C18H20ClF3N2O2. The van der Waals surface area contributed by atoms with Crippen LogP contribution in [0.5, 0.6) is 5.75 Å². The summed E-state index contributed by atoms with van der Waals surface area (Å²) in [6.45, 7) is 1.96. The van der Waals surface area contributed by atoms with Crippen LogP contribution in [-0.2, 0) is 11.0 Å². The maximum atomic E-state index is 12.9. The molecule has 1 unspecified atom stereocenters. The Kier molecular flexibility index (Phi) is 7.92. The molecule has 0 aliphatic carbocycles. The lowest BCUT2D eigenvalue weighted by Gasteiger charge is -2.16. The highest BCUT2D eigenvalue weighted by Crippen LogP contribution is 2.35. The molecule has 1 atom stereocenters. The van der Waals surface area contributed by atoms with Gasteiger partial charge in [-0.3, -0.25) is 4.79 Å². The molecule has 0 aliphatic heterocycles. The number of rotatable bonds is 6. The Morgan fingerprint density at radius 3 is 2.42 bits per heavy atom. The van der Waals surface area contributed by atoms with Crippen LogP contribution in [-0.4, -0.2) is 12.5 Å². The van der Waals surface area contributed by atoms with Gasteiger partial charge in [-0.25, -0.2) is 0 Å². The SMILES string of the molecule is CCOc1ccc(C(F)(F)F)cc1NC(=O)CC(N)c1ccccc1.Cl. The Morgan fingerprint density at radius 2 is 1.85 bits per heavy atom. The van der Waals surface area contributed by atoms with Gasteiger partial charge in [-0.2, -0.15) is 13.2 Å². The standard InChI is InChI=1S/C18H19F3N2O2.ClH/c1-2-25-16-9-8-13(18(19,20)21)10-15(16)23-17(24)11-14(22)12-6-4-3-5-7-12;/h3-10,14H,2,11,22H2,1H3,(H,23,24);1H. The number of benzene rings is 2. The number of anilines is 1. The highest BCUT2D eigenvalue weighted by molar-refractivity contribution is 5.92. The number of amides is 1. The van der Waals surface area contributed by atoms with Gasteiger partial charge in [0.1, 0.15) is 5.75 Å². The molecule has 0 aromatic heterocycles. The predicted molar refractivity (Wildman–Crippen MR) is 96.5 cm³/mol. The lowest BCUT2D eigenvalue weighted by molar-refractivity contribution is -0.137. The van der Waals surface area contributed by atoms with Crippen molar-refractivity contribution in [1.29, 1.82) is 0 Å². The molecule has 0 radical (unpaired) electrons. The fraction of sp³-hybridized carbons (Fsp3) is 0.278. The molecule has 8 heteroatoms. The van der Waals surface area contributed by atoms with Gasteiger partial charge in [-0.1, -0.05) is 30.3 Å². The molecule has 0 saturated heterocycles. The van der Waals surface area contributed by atoms with Gasteiger partial charge < -0.3 is 15.8 Å². The summed E-state index contributed by atoms with van der Waals surface area (Å²) in [7, 11) is 0. The quantitative estimate of drug-likeness (QED) is 0.762. The minimum Gasteiger partial charge on any atom is -0.492 e. The van der Waals surface area contributed by atoms with Crippen molar-refractivity contribution < 1.29 is 22.7 Å². The van der Waals surface area contributed by atoms with E-state index < -0.39 is 23.7 Å². The molecular weight excluding hydrogens is 369 g/mol. The predicted octanol–water partition coefficient (Wildman–Crippen LogP) is 4.55. The number of nitrogens with two attached hydrogens (primary N) is 1. The third-order valence-corrected chi connectivity index (χ3v) is 3.51. The number of hydrogen-bond acceptors (Lipinski definition) is 3. The first-order valence-corrected chi connectivity index (χ1v) is 7.75. The molecule has 142 valence electrons. The second-order valence-corrected chi connectivity index (χ2v) is 5.41. The first-order chi connectivity index (χ1) is 11.8. The maximum absolute atomic E-state index is 12.9. The summed E-state index contributed by atoms with van der Waals surface area (Å²) in [5.74, 6) is -0.311. The smallest absolute Gasteiger partial charge is 0.416 e. The average Bonchev–Trinajstić information content (AvgIpc) is 2.56. The molecule has 2 aromatic carbocycles. The zero-order valence-electron chi connectivity index (χ0n) is 14.0. The largest absolute Gasteiger partial charge is 0.492 e. The van der Waals surface area contributed by atoms with Crippen LogP contribution in [0, 0.1) is 0 Å². The van der Waals surface area contributed by atoms with Crippen molar-refractivity contribution in [3.05, 3.63) is 59.7 Å². The van der Waals surface area contributed by atoms with E-state index in [1.54, 1.807) is 31.2 Å². The van der Waals surface area contributed by atoms with E-state index in [1.807, 2.05) is 6.07 Å². The first-order valence-electron chi connectivity index (χ1n) is 7.75. The summed E-state index contributed by atoms with van der Waals surface area (Å²) in [4.78, 5) is 12.2. The van der Waals surface area contributed by atoms with E-state index in [0.717, 1.165) is 17.7 Å². The molecule has 0 aliphatic rings. The Labute approximate surface area is 155 Å². The topological polar surface area (TPSA) is 64.3 Å². The summed E-state index contributed by atoms with van der Waals surface area (Å²) >= 11 is 0. The third-order valence-electron chi connectivity index (χ3n) is 3.51. The van der Waals surface area contributed by atoms with Crippen LogP contribution < -0.4 is 15.8 Å². The minimum atomic E-state index is -4.51. The summed E-state index contributed by atoms with van der Waals surface area (Å²) in [5.41, 5.74) is 5.86. The molecule has 2 rings (SSSR count). The fourth-order valence-electron chi connectivity index (χ4n) is 2.30. The monoisotopic (exact) mass is 388 g/mol. The van der Waals surface area contributed by atoms with E-state index in [9.17, 15) is 18.0 Å². The fourth-order valence-corrected chi connectivity index (χ4v) is 2.30. The van der Waals surface area contributed by atoms with Gasteiger partial charge in [0.15, 0.2) is 0 Å². The number of alkyl halides is 3. The Bertz CT molecular complexity index is 724. The van der Waals surface area contributed by atoms with Gasteiger partial charge in [0.25, 0.3) is 0 Å². The zero-order chi connectivity index (χ0) is 18.4. The summed E-state index contributed by atoms with van der Waals surface area (Å²) < 4.78 is 43.9. The second-order valence-electron chi connectivity index (χ2n) is 5.41. The Hall–Kier alpha value is -2.25. The Morgan fingerprint density at radius 1 is 1.19 bits per heavy atom. The first kappa shape index (κ1) is 21.8. The zero-order valence-corrected chi connectivity index (χ0v) is 14.9. The molecule has 4 nitrogen and oxygen atoms in total. The van der Waals surface area contributed by atoms with Gasteiger partial charge in [0.2, 0.25) is 5.91 Å². The van der Waals surface area contributed by atoms with E-state index in [2.05, 4.69) is 5.32 Å². The third kappa shape index (κ3) is 5.93. The van der Waals surface area contributed by atoms with E-state index >= 15 is 0 Å². The summed E-state index contributed by atoms with van der Waals surface area (Å²) in [6, 6.07) is 11.4. The number of hydrogen-bond donors (Lipinski definition) is 2. The molecule has 1 amide bonds. The van der Waals surface area contributed by atoms with Gasteiger partial charge in [-0.15, -0.1) is 12.4 Å². The lowest BCUT2D eigenvalue weighted by Crippen LogP contribution is -2.21. The van der Waals surface area contributed by atoms with Crippen LogP contribution >= 0.6 is 12.4 Å².